The van der Waals surface area contributed by atoms with Crippen molar-refractivity contribution in [3.63, 3.8) is 0 Å². The van der Waals surface area contributed by atoms with Crippen molar-refractivity contribution in [2.75, 3.05) is 18.0 Å². The first-order chi connectivity index (χ1) is 12.3. The Hall–Kier alpha value is -2.34. The minimum Gasteiger partial charge on any atom is -0.477 e. The van der Waals surface area contributed by atoms with E-state index < -0.39 is 17.0 Å². The highest BCUT2D eigenvalue weighted by Crippen LogP contribution is 2.39. The molecule has 26 heavy (non-hydrogen) atoms. The molecule has 0 bridgehead atoms. The molecule has 1 saturated carbocycles. The van der Waals surface area contributed by atoms with Gasteiger partial charge in [-0.1, -0.05) is 0 Å². The number of benzene rings is 1. The van der Waals surface area contributed by atoms with Crippen molar-refractivity contribution in [3.05, 3.63) is 39.7 Å². The lowest BCUT2D eigenvalue weighted by Gasteiger charge is -2.39. The summed E-state index contributed by atoms with van der Waals surface area (Å²) in [6, 6.07) is 3.90. The van der Waals surface area contributed by atoms with Crippen LogP contribution >= 0.6 is 0 Å². The van der Waals surface area contributed by atoms with Gasteiger partial charge in [-0.25, -0.2) is 4.79 Å². The van der Waals surface area contributed by atoms with Crippen LogP contribution in [0.5, 0.6) is 0 Å². The second-order valence-electron chi connectivity index (χ2n) is 7.94. The van der Waals surface area contributed by atoms with Crippen molar-refractivity contribution in [2.45, 2.75) is 51.2 Å². The van der Waals surface area contributed by atoms with E-state index >= 15 is 0 Å². The van der Waals surface area contributed by atoms with Gasteiger partial charge in [-0.15, -0.1) is 0 Å². The lowest BCUT2D eigenvalue weighted by atomic mass is 9.94. The molecule has 0 amide bonds. The fraction of sp³-hybridized carbons (Fsp3) is 0.500. The summed E-state index contributed by atoms with van der Waals surface area (Å²) in [5, 5.41) is 20.3. The van der Waals surface area contributed by atoms with Gasteiger partial charge in [-0.2, -0.15) is 0 Å². The lowest BCUT2D eigenvalue weighted by molar-refractivity contribution is 0.0449. The summed E-state index contributed by atoms with van der Waals surface area (Å²) in [6.07, 6.45) is 5.20. The molecule has 6 heteroatoms. The standard InChI is InChI=1S/C20H24N2O4/c1-12-16(21-9-3-8-20(2,26)11-21)7-6-14-17(12)22(13-4-5-13)10-15(18(14)23)19(24)25/h6-7,10,13,26H,3-5,8-9,11H2,1-2H3,(H,24,25). The van der Waals surface area contributed by atoms with Crippen LogP contribution in [0.15, 0.2) is 23.1 Å². The fourth-order valence-electron chi connectivity index (χ4n) is 4.17. The normalized spacial score (nSPS) is 23.4. The topological polar surface area (TPSA) is 82.8 Å². The Labute approximate surface area is 151 Å². The van der Waals surface area contributed by atoms with Gasteiger partial charge in [-0.05, 0) is 57.2 Å². The van der Waals surface area contributed by atoms with Gasteiger partial charge in [0, 0.05) is 36.4 Å². The summed E-state index contributed by atoms with van der Waals surface area (Å²) in [7, 11) is 0. The number of fused-ring (bicyclic) bond motifs is 1. The summed E-state index contributed by atoms with van der Waals surface area (Å²) in [6.45, 7) is 5.26. The zero-order valence-electron chi connectivity index (χ0n) is 15.2. The number of aliphatic hydroxyl groups is 1. The van der Waals surface area contributed by atoms with Crippen LogP contribution < -0.4 is 10.3 Å². The molecule has 1 aromatic carbocycles. The summed E-state index contributed by atoms with van der Waals surface area (Å²) in [5.74, 6) is -1.18. The van der Waals surface area contributed by atoms with Crippen molar-refractivity contribution < 1.29 is 15.0 Å². The van der Waals surface area contributed by atoms with Crippen LogP contribution in [-0.4, -0.2) is 39.4 Å². The molecular weight excluding hydrogens is 332 g/mol. The number of aryl methyl sites for hydroxylation is 1. The van der Waals surface area contributed by atoms with Crippen LogP contribution in [0.25, 0.3) is 10.9 Å². The molecular formula is C20H24N2O4. The molecule has 4 rings (SSSR count). The van der Waals surface area contributed by atoms with E-state index in [9.17, 15) is 19.8 Å². The van der Waals surface area contributed by atoms with Gasteiger partial charge in [0.2, 0.25) is 5.43 Å². The number of aromatic carboxylic acids is 1. The molecule has 1 aromatic heterocycles. The molecule has 2 fully saturated rings. The first kappa shape index (κ1) is 17.1. The Bertz CT molecular complexity index is 956. The predicted molar refractivity (Wildman–Crippen MR) is 100 cm³/mol. The zero-order chi connectivity index (χ0) is 18.6. The van der Waals surface area contributed by atoms with Crippen molar-refractivity contribution in [3.8, 4) is 0 Å². The second-order valence-corrected chi connectivity index (χ2v) is 7.94. The van der Waals surface area contributed by atoms with Crippen molar-refractivity contribution in [1.82, 2.24) is 4.57 Å². The molecule has 1 aliphatic carbocycles. The summed E-state index contributed by atoms with van der Waals surface area (Å²) in [5.41, 5.74) is 1.49. The monoisotopic (exact) mass is 356 g/mol. The molecule has 2 aliphatic rings. The molecule has 0 spiro atoms. The summed E-state index contributed by atoms with van der Waals surface area (Å²) >= 11 is 0. The smallest absolute Gasteiger partial charge is 0.341 e. The average Bonchev–Trinajstić information content (AvgIpc) is 3.39. The number of carboxylic acids is 1. The minimum absolute atomic E-state index is 0.169. The molecule has 1 unspecified atom stereocenters. The molecule has 2 aromatic rings. The maximum absolute atomic E-state index is 12.7. The van der Waals surface area contributed by atoms with E-state index in [1.54, 1.807) is 6.07 Å². The second kappa shape index (κ2) is 5.84. The maximum atomic E-state index is 12.7. The van der Waals surface area contributed by atoms with Crippen LogP contribution in [0.4, 0.5) is 5.69 Å². The van der Waals surface area contributed by atoms with Crippen molar-refractivity contribution in [1.29, 1.82) is 0 Å². The third kappa shape index (κ3) is 2.78. The maximum Gasteiger partial charge on any atom is 0.341 e. The van der Waals surface area contributed by atoms with E-state index in [1.165, 1.54) is 6.20 Å². The molecule has 2 N–H and O–H groups in total. The molecule has 1 atom stereocenters. The van der Waals surface area contributed by atoms with E-state index in [-0.39, 0.29) is 11.6 Å². The Balaban J connectivity index is 1.92. The first-order valence-corrected chi connectivity index (χ1v) is 9.17. The third-order valence-corrected chi connectivity index (χ3v) is 5.60. The predicted octanol–water partition coefficient (Wildman–Crippen LogP) is 2.69. The molecule has 6 nitrogen and oxygen atoms in total. The van der Waals surface area contributed by atoms with Gasteiger partial charge in [0.05, 0.1) is 11.1 Å². The number of aromatic nitrogens is 1. The van der Waals surface area contributed by atoms with Crippen molar-refractivity contribution >= 4 is 22.6 Å². The number of pyridine rings is 1. The van der Waals surface area contributed by atoms with Crippen LogP contribution in [0.1, 0.15) is 54.6 Å². The van der Waals surface area contributed by atoms with Gasteiger partial charge in [-0.3, -0.25) is 4.79 Å². The number of β-amino-alcohol motifs (C(OH)–C–C–N with tert-alkyl or cyclic N) is 1. The zero-order valence-corrected chi connectivity index (χ0v) is 15.2. The Morgan fingerprint density at radius 3 is 2.65 bits per heavy atom. The van der Waals surface area contributed by atoms with Gasteiger partial charge in [0.1, 0.15) is 5.56 Å². The Morgan fingerprint density at radius 1 is 1.31 bits per heavy atom. The van der Waals surface area contributed by atoms with E-state index in [2.05, 4.69) is 4.90 Å². The SMILES string of the molecule is Cc1c(N2CCCC(C)(O)C2)ccc2c(=O)c(C(=O)O)cn(C3CC3)c12. The highest BCUT2D eigenvalue weighted by molar-refractivity contribution is 5.95. The van der Waals surface area contributed by atoms with E-state index in [4.69, 9.17) is 0 Å². The van der Waals surface area contributed by atoms with Gasteiger partial charge in [0.25, 0.3) is 0 Å². The molecule has 1 saturated heterocycles. The number of carboxylic acid groups (broad SMARTS) is 1. The van der Waals surface area contributed by atoms with E-state index in [0.29, 0.717) is 11.9 Å². The quantitative estimate of drug-likeness (QED) is 0.883. The number of rotatable bonds is 3. The lowest BCUT2D eigenvalue weighted by Crippen LogP contribution is -2.46. The van der Waals surface area contributed by atoms with Crippen LogP contribution in [0, 0.1) is 6.92 Å². The minimum atomic E-state index is -1.18. The molecule has 2 heterocycles. The average molecular weight is 356 g/mol. The van der Waals surface area contributed by atoms with Crippen LogP contribution in [-0.2, 0) is 0 Å². The summed E-state index contributed by atoms with van der Waals surface area (Å²) < 4.78 is 1.97. The molecule has 138 valence electrons. The van der Waals surface area contributed by atoms with Crippen LogP contribution in [0.3, 0.4) is 0 Å². The molecule has 0 radical (unpaired) electrons. The van der Waals surface area contributed by atoms with E-state index in [0.717, 1.165) is 49.0 Å². The fourth-order valence-corrected chi connectivity index (χ4v) is 4.17. The van der Waals surface area contributed by atoms with Crippen LogP contribution in [0.2, 0.25) is 0 Å². The Kier molecular flexibility index (Phi) is 3.84. The third-order valence-electron chi connectivity index (χ3n) is 5.60. The van der Waals surface area contributed by atoms with Gasteiger partial charge in [0.15, 0.2) is 0 Å². The number of piperidine rings is 1. The largest absolute Gasteiger partial charge is 0.477 e. The first-order valence-electron chi connectivity index (χ1n) is 9.17. The number of hydrogen-bond donors (Lipinski definition) is 2. The van der Waals surface area contributed by atoms with E-state index in [1.807, 2.05) is 24.5 Å². The van der Waals surface area contributed by atoms with Gasteiger partial charge >= 0.3 is 5.97 Å². The summed E-state index contributed by atoms with van der Waals surface area (Å²) in [4.78, 5) is 26.3. The Morgan fingerprint density at radius 2 is 2.04 bits per heavy atom. The number of anilines is 1. The van der Waals surface area contributed by atoms with Crippen molar-refractivity contribution in [2.24, 2.45) is 0 Å². The highest BCUT2D eigenvalue weighted by Gasteiger charge is 2.31. The highest BCUT2D eigenvalue weighted by atomic mass is 16.4. The van der Waals surface area contributed by atoms with Gasteiger partial charge < -0.3 is 19.7 Å². The molecule has 1 aliphatic heterocycles. The number of carbonyl (C=O) groups is 1. The number of nitrogens with zero attached hydrogens (tertiary/aromatic N) is 2. The number of hydrogen-bond acceptors (Lipinski definition) is 4.